The van der Waals surface area contributed by atoms with Gasteiger partial charge in [-0.25, -0.2) is 13.1 Å². The van der Waals surface area contributed by atoms with Gasteiger partial charge in [-0.15, -0.1) is 11.3 Å². The fraction of sp³-hybridized carbons (Fsp3) is 0.167. The number of rotatable bonds is 7. The largest absolute Gasteiger partial charge is 0.337 e. The van der Waals surface area contributed by atoms with Gasteiger partial charge in [0.1, 0.15) is 4.90 Å². The third-order valence-corrected chi connectivity index (χ3v) is 7.71. The number of aryl methyl sites for hydroxylation is 2. The van der Waals surface area contributed by atoms with Crippen LogP contribution >= 0.6 is 11.3 Å². The minimum absolute atomic E-state index is 0.0733. The van der Waals surface area contributed by atoms with E-state index in [2.05, 4.69) is 9.88 Å². The molecule has 1 N–H and O–H groups in total. The van der Waals surface area contributed by atoms with Crippen molar-refractivity contribution in [2.24, 2.45) is 0 Å². The van der Waals surface area contributed by atoms with Crippen LogP contribution in [0.2, 0.25) is 0 Å². The summed E-state index contributed by atoms with van der Waals surface area (Å²) in [6.45, 7) is 5.47. The maximum absolute atomic E-state index is 13.1. The zero-order valence-corrected chi connectivity index (χ0v) is 19.5. The number of nitrogens with zero attached hydrogens (tertiary/aromatic N) is 1. The molecule has 0 atom stereocenters. The molecule has 164 valence electrons. The summed E-state index contributed by atoms with van der Waals surface area (Å²) in [4.78, 5) is 13.7. The standard InChI is InChI=1S/C24H22N2O4S2/c1-15-8-10-18(11-9-15)14-21(27)19-6-4-5-7-20(19)23-22(12-13-31-23)32(28,29)26-24-16(2)17(3)25-30-24/h4-13,26H,14H2,1-3H3. The molecule has 0 saturated carbocycles. The molecule has 0 saturated heterocycles. The second-order valence-electron chi connectivity index (χ2n) is 7.57. The number of nitrogens with one attached hydrogen (secondary N) is 1. The van der Waals surface area contributed by atoms with Gasteiger partial charge in [0, 0.05) is 23.1 Å². The number of benzene rings is 2. The first kappa shape index (κ1) is 22.0. The van der Waals surface area contributed by atoms with Crippen LogP contribution in [0.4, 0.5) is 5.88 Å². The summed E-state index contributed by atoms with van der Waals surface area (Å²) in [6, 6.07) is 16.4. The van der Waals surface area contributed by atoms with Crippen LogP contribution in [0.5, 0.6) is 0 Å². The number of sulfonamides is 1. The van der Waals surface area contributed by atoms with E-state index in [4.69, 9.17) is 4.52 Å². The van der Waals surface area contributed by atoms with Crippen LogP contribution in [0.15, 0.2) is 69.4 Å². The topological polar surface area (TPSA) is 89.3 Å². The van der Waals surface area contributed by atoms with Crippen LogP contribution in [0, 0.1) is 20.8 Å². The number of Topliss-reactive ketones (excluding diaryl/α,β-unsaturated/α-hetero) is 1. The van der Waals surface area contributed by atoms with Gasteiger partial charge >= 0.3 is 0 Å². The first-order valence-corrected chi connectivity index (χ1v) is 12.3. The molecule has 2 aromatic heterocycles. The highest BCUT2D eigenvalue weighted by molar-refractivity contribution is 7.93. The normalized spacial score (nSPS) is 11.5. The number of carbonyl (C=O) groups excluding carboxylic acids is 1. The first-order valence-electron chi connectivity index (χ1n) is 9.97. The van der Waals surface area contributed by atoms with Crippen LogP contribution in [0.3, 0.4) is 0 Å². The first-order chi connectivity index (χ1) is 15.3. The summed E-state index contributed by atoms with van der Waals surface area (Å²) in [5.41, 5.74) is 4.34. The molecular weight excluding hydrogens is 444 g/mol. The number of thiophene rings is 1. The summed E-state index contributed by atoms with van der Waals surface area (Å²) < 4.78 is 33.9. The Morgan fingerprint density at radius 3 is 2.44 bits per heavy atom. The van der Waals surface area contributed by atoms with E-state index in [1.165, 1.54) is 17.4 Å². The molecule has 0 amide bonds. The molecule has 0 radical (unpaired) electrons. The van der Waals surface area contributed by atoms with Crippen molar-refractivity contribution in [2.45, 2.75) is 32.1 Å². The highest BCUT2D eigenvalue weighted by Gasteiger charge is 2.26. The van der Waals surface area contributed by atoms with Crippen molar-refractivity contribution in [3.05, 3.63) is 87.9 Å². The number of ketones is 1. The number of carbonyl (C=O) groups is 1. The summed E-state index contributed by atoms with van der Waals surface area (Å²) in [7, 11) is -3.95. The number of aromatic nitrogens is 1. The third-order valence-electron chi connectivity index (χ3n) is 5.26. The van der Waals surface area contributed by atoms with E-state index < -0.39 is 10.0 Å². The van der Waals surface area contributed by atoms with E-state index in [9.17, 15) is 13.2 Å². The molecule has 0 bridgehead atoms. The lowest BCUT2D eigenvalue weighted by molar-refractivity contribution is 0.0993. The highest BCUT2D eigenvalue weighted by atomic mass is 32.2. The van der Waals surface area contributed by atoms with Gasteiger partial charge in [-0.3, -0.25) is 4.79 Å². The minimum Gasteiger partial charge on any atom is -0.337 e. The Bertz CT molecular complexity index is 1380. The average molecular weight is 467 g/mol. The summed E-state index contributed by atoms with van der Waals surface area (Å²) in [5, 5.41) is 5.50. The lowest BCUT2D eigenvalue weighted by Gasteiger charge is -2.11. The Balaban J connectivity index is 1.69. The number of hydrogen-bond acceptors (Lipinski definition) is 6. The van der Waals surface area contributed by atoms with Gasteiger partial charge in [0.25, 0.3) is 10.0 Å². The van der Waals surface area contributed by atoms with E-state index in [1.54, 1.807) is 43.5 Å². The molecule has 32 heavy (non-hydrogen) atoms. The molecule has 8 heteroatoms. The molecule has 4 aromatic rings. The predicted octanol–water partition coefficient (Wildman–Crippen LogP) is 5.55. The van der Waals surface area contributed by atoms with E-state index in [0.717, 1.165) is 11.1 Å². The van der Waals surface area contributed by atoms with Crippen molar-refractivity contribution in [3.63, 3.8) is 0 Å². The van der Waals surface area contributed by atoms with Gasteiger partial charge in [0.2, 0.25) is 5.88 Å². The Morgan fingerprint density at radius 2 is 1.75 bits per heavy atom. The summed E-state index contributed by atoms with van der Waals surface area (Å²) in [5.74, 6) is 0.0132. The maximum atomic E-state index is 13.1. The minimum atomic E-state index is -3.95. The third kappa shape index (κ3) is 4.37. The van der Waals surface area contributed by atoms with E-state index >= 15 is 0 Å². The van der Waals surface area contributed by atoms with Crippen molar-refractivity contribution < 1.29 is 17.7 Å². The molecule has 0 aliphatic carbocycles. The second-order valence-corrected chi connectivity index (χ2v) is 10.1. The molecule has 0 aliphatic heterocycles. The Labute approximate surface area is 191 Å². The van der Waals surface area contributed by atoms with E-state index in [1.807, 2.05) is 31.2 Å². The van der Waals surface area contributed by atoms with Crippen LogP contribution in [-0.4, -0.2) is 19.4 Å². The van der Waals surface area contributed by atoms with Crippen molar-refractivity contribution in [1.82, 2.24) is 5.16 Å². The molecule has 0 fully saturated rings. The van der Waals surface area contributed by atoms with Crippen molar-refractivity contribution in [3.8, 4) is 10.4 Å². The van der Waals surface area contributed by atoms with Gasteiger partial charge < -0.3 is 4.52 Å². The SMILES string of the molecule is Cc1ccc(CC(=O)c2ccccc2-c2sccc2S(=O)(=O)Nc2onc(C)c2C)cc1. The predicted molar refractivity (Wildman–Crippen MR) is 126 cm³/mol. The zero-order valence-electron chi connectivity index (χ0n) is 17.9. The van der Waals surface area contributed by atoms with Gasteiger partial charge in [-0.05, 0) is 37.8 Å². The van der Waals surface area contributed by atoms with Gasteiger partial charge in [0.15, 0.2) is 5.78 Å². The molecular formula is C24H22N2O4S2. The zero-order chi connectivity index (χ0) is 22.9. The van der Waals surface area contributed by atoms with Crippen LogP contribution in [0.1, 0.15) is 32.7 Å². The van der Waals surface area contributed by atoms with E-state index in [-0.39, 0.29) is 23.0 Å². The smallest absolute Gasteiger partial charge is 0.265 e. The molecule has 0 aliphatic rings. The van der Waals surface area contributed by atoms with Gasteiger partial charge in [-0.1, -0.05) is 59.3 Å². The highest BCUT2D eigenvalue weighted by Crippen LogP contribution is 2.36. The van der Waals surface area contributed by atoms with E-state index in [0.29, 0.717) is 27.3 Å². The van der Waals surface area contributed by atoms with Gasteiger partial charge in [-0.2, -0.15) is 0 Å². The lowest BCUT2D eigenvalue weighted by atomic mass is 9.97. The Kier molecular flexibility index (Phi) is 5.99. The Morgan fingerprint density at radius 1 is 1.03 bits per heavy atom. The molecule has 2 heterocycles. The Hall–Kier alpha value is -3.23. The lowest BCUT2D eigenvalue weighted by Crippen LogP contribution is -2.14. The van der Waals surface area contributed by atoms with Crippen LogP contribution < -0.4 is 4.72 Å². The van der Waals surface area contributed by atoms with Crippen molar-refractivity contribution in [2.75, 3.05) is 4.72 Å². The van der Waals surface area contributed by atoms with Crippen molar-refractivity contribution >= 4 is 33.0 Å². The fourth-order valence-corrected chi connectivity index (χ4v) is 5.84. The second kappa shape index (κ2) is 8.72. The molecule has 6 nitrogen and oxygen atoms in total. The van der Waals surface area contributed by atoms with Gasteiger partial charge in [0.05, 0.1) is 10.6 Å². The molecule has 2 aromatic carbocycles. The fourth-order valence-electron chi connectivity index (χ4n) is 3.30. The summed E-state index contributed by atoms with van der Waals surface area (Å²) >= 11 is 1.27. The molecule has 4 rings (SSSR count). The van der Waals surface area contributed by atoms with Crippen LogP contribution in [-0.2, 0) is 16.4 Å². The molecule has 0 spiro atoms. The molecule has 0 unspecified atom stereocenters. The number of anilines is 1. The maximum Gasteiger partial charge on any atom is 0.265 e. The van der Waals surface area contributed by atoms with Crippen molar-refractivity contribution in [1.29, 1.82) is 0 Å². The summed E-state index contributed by atoms with van der Waals surface area (Å²) in [6.07, 6.45) is 0.236. The van der Waals surface area contributed by atoms with Crippen LogP contribution in [0.25, 0.3) is 10.4 Å². The quantitative estimate of drug-likeness (QED) is 0.361. The number of hydrogen-bond donors (Lipinski definition) is 1. The average Bonchev–Trinajstić information content (AvgIpc) is 3.39. The monoisotopic (exact) mass is 466 g/mol.